The van der Waals surface area contributed by atoms with Crippen molar-refractivity contribution < 1.29 is 18.7 Å². The number of carbonyl (C=O) groups is 2. The minimum Gasteiger partial charge on any atom is -0.468 e. The van der Waals surface area contributed by atoms with Crippen molar-refractivity contribution >= 4 is 23.6 Å². The fourth-order valence-corrected chi connectivity index (χ4v) is 3.18. The van der Waals surface area contributed by atoms with E-state index in [2.05, 4.69) is 0 Å². The van der Waals surface area contributed by atoms with Crippen LogP contribution in [0.15, 0.2) is 22.8 Å². The number of nitrogens with zero attached hydrogens (tertiary/aromatic N) is 1. The standard InChI is InChI=1S/C13H17NO4S/c1-2-17-13(16)12(15)14-6-5-11(19-9-7-14)10-4-3-8-18-10/h3-4,8,11H,2,5-7,9H2,1H3. The summed E-state index contributed by atoms with van der Waals surface area (Å²) in [7, 11) is 0. The van der Waals surface area contributed by atoms with Gasteiger partial charge in [-0.05, 0) is 25.5 Å². The van der Waals surface area contributed by atoms with Gasteiger partial charge < -0.3 is 14.1 Å². The van der Waals surface area contributed by atoms with Crippen LogP contribution in [0, 0.1) is 0 Å². The SMILES string of the molecule is CCOC(=O)C(=O)N1CCSC(c2ccco2)CC1. The number of hydrogen-bond donors (Lipinski definition) is 0. The van der Waals surface area contributed by atoms with Crippen molar-refractivity contribution in [3.8, 4) is 0 Å². The van der Waals surface area contributed by atoms with Crippen LogP contribution in [-0.2, 0) is 14.3 Å². The average molecular weight is 283 g/mol. The lowest BCUT2D eigenvalue weighted by Crippen LogP contribution is -2.39. The molecule has 5 nitrogen and oxygen atoms in total. The first-order valence-corrected chi connectivity index (χ1v) is 7.38. The monoisotopic (exact) mass is 283 g/mol. The van der Waals surface area contributed by atoms with E-state index in [4.69, 9.17) is 9.15 Å². The Bertz CT molecular complexity index is 432. The van der Waals surface area contributed by atoms with Gasteiger partial charge in [0.25, 0.3) is 0 Å². The molecule has 0 aromatic carbocycles. The van der Waals surface area contributed by atoms with Crippen LogP contribution in [0.1, 0.15) is 24.4 Å². The summed E-state index contributed by atoms with van der Waals surface area (Å²) in [6.07, 6.45) is 2.44. The van der Waals surface area contributed by atoms with Gasteiger partial charge in [-0.25, -0.2) is 4.79 Å². The highest BCUT2D eigenvalue weighted by atomic mass is 32.2. The summed E-state index contributed by atoms with van der Waals surface area (Å²) >= 11 is 1.75. The molecule has 104 valence electrons. The van der Waals surface area contributed by atoms with E-state index in [-0.39, 0.29) is 11.9 Å². The van der Waals surface area contributed by atoms with Crippen LogP contribution in [0.4, 0.5) is 0 Å². The Kier molecular flexibility index (Phi) is 4.90. The predicted octanol–water partition coefficient (Wildman–Crippen LogP) is 1.85. The summed E-state index contributed by atoms with van der Waals surface area (Å²) in [5.41, 5.74) is 0. The maximum Gasteiger partial charge on any atom is 0.397 e. The van der Waals surface area contributed by atoms with Crippen LogP contribution in [0.5, 0.6) is 0 Å². The van der Waals surface area contributed by atoms with Crippen molar-refractivity contribution in [3.05, 3.63) is 24.2 Å². The first kappa shape index (κ1) is 14.0. The molecule has 1 atom stereocenters. The summed E-state index contributed by atoms with van der Waals surface area (Å²) in [5.74, 6) is 0.415. The molecule has 1 amide bonds. The molecule has 19 heavy (non-hydrogen) atoms. The summed E-state index contributed by atoms with van der Waals surface area (Å²) in [5, 5.41) is 0.245. The number of ether oxygens (including phenoxy) is 1. The first-order valence-electron chi connectivity index (χ1n) is 6.33. The zero-order valence-corrected chi connectivity index (χ0v) is 11.6. The van der Waals surface area contributed by atoms with E-state index in [0.29, 0.717) is 13.1 Å². The molecule has 0 spiro atoms. The van der Waals surface area contributed by atoms with Gasteiger partial charge in [0.1, 0.15) is 5.76 Å². The van der Waals surface area contributed by atoms with Crippen molar-refractivity contribution in [2.75, 3.05) is 25.4 Å². The van der Waals surface area contributed by atoms with Gasteiger partial charge in [-0.2, -0.15) is 0 Å². The van der Waals surface area contributed by atoms with Crippen LogP contribution < -0.4 is 0 Å². The first-order chi connectivity index (χ1) is 9.22. The van der Waals surface area contributed by atoms with E-state index in [9.17, 15) is 9.59 Å². The highest BCUT2D eigenvalue weighted by molar-refractivity contribution is 7.99. The molecular formula is C13H17NO4S. The number of esters is 1. The lowest BCUT2D eigenvalue weighted by molar-refractivity contribution is -0.159. The molecule has 0 N–H and O–H groups in total. The van der Waals surface area contributed by atoms with Crippen molar-refractivity contribution in [1.82, 2.24) is 4.90 Å². The molecule has 1 aliphatic rings. The molecule has 1 saturated heterocycles. The molecule has 2 rings (SSSR count). The van der Waals surface area contributed by atoms with E-state index < -0.39 is 11.9 Å². The normalized spacial score (nSPS) is 19.8. The molecule has 0 saturated carbocycles. The van der Waals surface area contributed by atoms with Gasteiger partial charge in [-0.3, -0.25) is 4.79 Å². The van der Waals surface area contributed by atoms with Crippen LogP contribution in [0.2, 0.25) is 0 Å². The molecule has 0 radical (unpaired) electrons. The third kappa shape index (κ3) is 3.53. The third-order valence-corrected chi connectivity index (χ3v) is 4.23. The van der Waals surface area contributed by atoms with Crippen LogP contribution in [0.25, 0.3) is 0 Å². The topological polar surface area (TPSA) is 59.8 Å². The number of thioether (sulfide) groups is 1. The third-order valence-electron chi connectivity index (χ3n) is 2.94. The summed E-state index contributed by atoms with van der Waals surface area (Å²) in [4.78, 5) is 24.8. The Balaban J connectivity index is 1.93. The van der Waals surface area contributed by atoms with Crippen LogP contribution in [-0.4, -0.2) is 42.2 Å². The highest BCUT2D eigenvalue weighted by Crippen LogP contribution is 2.34. The van der Waals surface area contributed by atoms with Gasteiger partial charge in [-0.15, -0.1) is 11.8 Å². The van der Waals surface area contributed by atoms with Gasteiger partial charge in [0, 0.05) is 18.8 Å². The summed E-state index contributed by atoms with van der Waals surface area (Å²) in [6.45, 7) is 3.04. The molecule has 6 heteroatoms. The fourth-order valence-electron chi connectivity index (χ4n) is 2.00. The van der Waals surface area contributed by atoms with E-state index >= 15 is 0 Å². The Morgan fingerprint density at radius 1 is 1.53 bits per heavy atom. The molecule has 1 aliphatic heterocycles. The second-order valence-corrected chi connectivity index (χ2v) is 5.49. The minimum atomic E-state index is -0.760. The van der Waals surface area contributed by atoms with Crippen molar-refractivity contribution in [2.24, 2.45) is 0 Å². The number of furan rings is 1. The lowest BCUT2D eigenvalue weighted by atomic mass is 10.2. The Labute approximate surface area is 116 Å². The number of rotatable bonds is 2. The fraction of sp³-hybridized carbons (Fsp3) is 0.538. The molecule has 0 aliphatic carbocycles. The summed E-state index contributed by atoms with van der Waals surface area (Å²) < 4.78 is 10.1. The molecule has 1 aromatic rings. The maximum atomic E-state index is 11.9. The molecule has 1 unspecified atom stereocenters. The lowest BCUT2D eigenvalue weighted by Gasteiger charge is -2.18. The molecule has 0 bridgehead atoms. The number of hydrogen-bond acceptors (Lipinski definition) is 5. The Morgan fingerprint density at radius 3 is 3.05 bits per heavy atom. The molecule has 1 fully saturated rings. The van der Waals surface area contributed by atoms with Crippen LogP contribution >= 0.6 is 11.8 Å². The van der Waals surface area contributed by atoms with Gasteiger partial charge in [-0.1, -0.05) is 0 Å². The minimum absolute atomic E-state index is 0.224. The van der Waals surface area contributed by atoms with Gasteiger partial charge in [0.05, 0.1) is 18.1 Å². The molecule has 2 heterocycles. The van der Waals surface area contributed by atoms with E-state index in [1.54, 1.807) is 29.8 Å². The number of amides is 1. The van der Waals surface area contributed by atoms with Gasteiger partial charge >= 0.3 is 11.9 Å². The smallest absolute Gasteiger partial charge is 0.397 e. The van der Waals surface area contributed by atoms with E-state index in [1.807, 2.05) is 12.1 Å². The van der Waals surface area contributed by atoms with Crippen LogP contribution in [0.3, 0.4) is 0 Å². The Morgan fingerprint density at radius 2 is 2.37 bits per heavy atom. The number of carbonyl (C=O) groups excluding carboxylic acids is 2. The highest BCUT2D eigenvalue weighted by Gasteiger charge is 2.27. The second-order valence-electron chi connectivity index (χ2n) is 4.18. The molecular weight excluding hydrogens is 266 g/mol. The van der Waals surface area contributed by atoms with E-state index in [1.165, 1.54) is 0 Å². The zero-order valence-electron chi connectivity index (χ0n) is 10.8. The maximum absolute atomic E-state index is 11.9. The van der Waals surface area contributed by atoms with Gasteiger partial charge in [0.15, 0.2) is 0 Å². The zero-order chi connectivity index (χ0) is 13.7. The van der Waals surface area contributed by atoms with Crippen molar-refractivity contribution in [3.63, 3.8) is 0 Å². The van der Waals surface area contributed by atoms with E-state index in [0.717, 1.165) is 17.9 Å². The predicted molar refractivity (Wildman–Crippen MR) is 71.7 cm³/mol. The van der Waals surface area contributed by atoms with Gasteiger partial charge in [0.2, 0.25) is 0 Å². The van der Waals surface area contributed by atoms with Crippen molar-refractivity contribution in [2.45, 2.75) is 18.6 Å². The van der Waals surface area contributed by atoms with Crippen molar-refractivity contribution in [1.29, 1.82) is 0 Å². The second kappa shape index (κ2) is 6.65. The quantitative estimate of drug-likeness (QED) is 0.612. The Hall–Kier alpha value is -1.43. The molecule has 1 aromatic heterocycles. The largest absolute Gasteiger partial charge is 0.468 e. The average Bonchev–Trinajstić information content (AvgIpc) is 2.83. The summed E-state index contributed by atoms with van der Waals surface area (Å²) in [6, 6.07) is 3.81.